The molecule has 6 heteroatoms. The fourth-order valence-electron chi connectivity index (χ4n) is 8.93. The molecule has 0 heterocycles. The first kappa shape index (κ1) is 61.6. The summed E-state index contributed by atoms with van der Waals surface area (Å²) in [6, 6.07) is -0.543. The molecule has 0 aromatic heterocycles. The first-order valence-electron chi connectivity index (χ1n) is 28.4. The summed E-state index contributed by atoms with van der Waals surface area (Å²) in [4.78, 5) is 24.5. The number of unbranched alkanes of at least 4 members (excludes halogenated alkanes) is 40. The number of aliphatic hydroxyl groups is 2. The number of hydrogen-bond acceptors (Lipinski definition) is 5. The van der Waals surface area contributed by atoms with Crippen molar-refractivity contribution in [1.29, 1.82) is 0 Å². The van der Waals surface area contributed by atoms with Crippen LogP contribution in [-0.4, -0.2) is 47.4 Å². The molecule has 0 radical (unpaired) electrons. The van der Waals surface area contributed by atoms with Crippen molar-refractivity contribution < 1.29 is 24.5 Å². The van der Waals surface area contributed by atoms with E-state index < -0.39 is 12.1 Å². The number of aliphatic hydroxyl groups excluding tert-OH is 2. The highest BCUT2D eigenvalue weighted by molar-refractivity contribution is 5.76. The molecule has 0 aliphatic rings. The Balaban J connectivity index is 3.36. The van der Waals surface area contributed by atoms with Gasteiger partial charge < -0.3 is 20.3 Å². The Morgan fingerprint density at radius 3 is 1.13 bits per heavy atom. The third kappa shape index (κ3) is 49.9. The lowest BCUT2D eigenvalue weighted by Crippen LogP contribution is -2.45. The topological polar surface area (TPSA) is 95.9 Å². The average Bonchev–Trinajstić information content (AvgIpc) is 3.28. The minimum Gasteiger partial charge on any atom is -0.466 e. The molecule has 2 atom stereocenters. The number of esters is 1. The molecule has 0 aliphatic carbocycles. The fourth-order valence-corrected chi connectivity index (χ4v) is 8.93. The molecule has 374 valence electrons. The van der Waals surface area contributed by atoms with Gasteiger partial charge in [-0.1, -0.05) is 264 Å². The molecule has 0 aromatic carbocycles. The van der Waals surface area contributed by atoms with Crippen LogP contribution in [0.3, 0.4) is 0 Å². The van der Waals surface area contributed by atoms with E-state index in [1.807, 2.05) is 0 Å². The standard InChI is InChI=1S/C57H111NO5/c1-3-5-7-9-11-13-15-16-17-18-19-22-25-28-31-35-39-43-47-51-57(62)63-52-48-44-40-36-32-29-26-23-20-21-24-27-30-34-38-42-46-50-56(61)58-54(53-59)55(60)49-45-41-37-33-14-12-10-8-6-4-2/h16-17,54-55,59-60H,3-15,18-53H2,1-2H3,(H,58,61)/b17-16-. The molecule has 0 bridgehead atoms. The van der Waals surface area contributed by atoms with Gasteiger partial charge in [-0.05, 0) is 51.4 Å². The molecular formula is C57H111NO5. The van der Waals surface area contributed by atoms with Crippen LogP contribution >= 0.6 is 0 Å². The zero-order valence-electron chi connectivity index (χ0n) is 42.6. The van der Waals surface area contributed by atoms with E-state index in [-0.39, 0.29) is 18.5 Å². The zero-order chi connectivity index (χ0) is 45.8. The largest absolute Gasteiger partial charge is 0.466 e. The summed E-state index contributed by atoms with van der Waals surface area (Å²) in [6.45, 7) is 4.94. The summed E-state index contributed by atoms with van der Waals surface area (Å²) in [5.41, 5.74) is 0. The van der Waals surface area contributed by atoms with Crippen molar-refractivity contribution in [3.63, 3.8) is 0 Å². The van der Waals surface area contributed by atoms with E-state index in [0.717, 1.165) is 44.9 Å². The molecule has 0 aromatic rings. The maximum absolute atomic E-state index is 12.4. The SMILES string of the molecule is CCCCCCCC/C=C\CCCCCCCCCCCC(=O)OCCCCCCCCCCCCCCCCCCCC(=O)NC(CO)C(O)CCCCCCCCCCCC. The normalized spacial score (nSPS) is 12.6. The lowest BCUT2D eigenvalue weighted by atomic mass is 10.0. The van der Waals surface area contributed by atoms with Crippen molar-refractivity contribution in [2.24, 2.45) is 0 Å². The second kappa shape index (κ2) is 53.2. The maximum Gasteiger partial charge on any atom is 0.305 e. The van der Waals surface area contributed by atoms with Crippen LogP contribution in [0.2, 0.25) is 0 Å². The number of carbonyl (C=O) groups is 2. The van der Waals surface area contributed by atoms with Crippen LogP contribution in [0.4, 0.5) is 0 Å². The van der Waals surface area contributed by atoms with Gasteiger partial charge in [-0.3, -0.25) is 9.59 Å². The van der Waals surface area contributed by atoms with Crippen molar-refractivity contribution >= 4 is 11.9 Å². The quantitative estimate of drug-likeness (QED) is 0.0321. The van der Waals surface area contributed by atoms with E-state index in [0.29, 0.717) is 25.9 Å². The number of rotatable bonds is 53. The number of hydrogen-bond donors (Lipinski definition) is 3. The number of allylic oxidation sites excluding steroid dienone is 2. The minimum absolute atomic E-state index is 0.00524. The molecule has 0 fully saturated rings. The third-order valence-electron chi connectivity index (χ3n) is 13.3. The van der Waals surface area contributed by atoms with Crippen LogP contribution in [0.1, 0.15) is 316 Å². The van der Waals surface area contributed by atoms with Crippen molar-refractivity contribution in [3.8, 4) is 0 Å². The van der Waals surface area contributed by atoms with Crippen LogP contribution in [0.5, 0.6) is 0 Å². The van der Waals surface area contributed by atoms with Crippen molar-refractivity contribution in [1.82, 2.24) is 5.32 Å². The van der Waals surface area contributed by atoms with E-state index in [1.165, 1.54) is 238 Å². The smallest absolute Gasteiger partial charge is 0.305 e. The Morgan fingerprint density at radius 1 is 0.429 bits per heavy atom. The lowest BCUT2D eigenvalue weighted by Gasteiger charge is -2.22. The maximum atomic E-state index is 12.4. The van der Waals surface area contributed by atoms with Gasteiger partial charge in [-0.2, -0.15) is 0 Å². The summed E-state index contributed by atoms with van der Waals surface area (Å²) >= 11 is 0. The Morgan fingerprint density at radius 2 is 0.746 bits per heavy atom. The van der Waals surface area contributed by atoms with Gasteiger partial charge in [0, 0.05) is 12.8 Å². The first-order valence-corrected chi connectivity index (χ1v) is 28.4. The van der Waals surface area contributed by atoms with E-state index >= 15 is 0 Å². The van der Waals surface area contributed by atoms with E-state index in [1.54, 1.807) is 0 Å². The lowest BCUT2D eigenvalue weighted by molar-refractivity contribution is -0.143. The van der Waals surface area contributed by atoms with Crippen LogP contribution in [0.25, 0.3) is 0 Å². The second-order valence-corrected chi connectivity index (χ2v) is 19.6. The molecule has 0 spiro atoms. The highest BCUT2D eigenvalue weighted by Gasteiger charge is 2.20. The zero-order valence-corrected chi connectivity index (χ0v) is 42.6. The van der Waals surface area contributed by atoms with E-state index in [9.17, 15) is 19.8 Å². The Labute approximate surface area is 393 Å². The molecule has 6 nitrogen and oxygen atoms in total. The molecular weight excluding hydrogens is 779 g/mol. The van der Waals surface area contributed by atoms with Crippen LogP contribution in [0.15, 0.2) is 12.2 Å². The summed E-state index contributed by atoms with van der Waals surface area (Å²) in [7, 11) is 0. The highest BCUT2D eigenvalue weighted by Crippen LogP contribution is 2.17. The van der Waals surface area contributed by atoms with Crippen LogP contribution < -0.4 is 5.32 Å². The van der Waals surface area contributed by atoms with Gasteiger partial charge in [0.1, 0.15) is 0 Å². The Hall–Kier alpha value is -1.40. The number of carbonyl (C=O) groups excluding carboxylic acids is 2. The monoisotopic (exact) mass is 890 g/mol. The molecule has 0 saturated carbocycles. The van der Waals surface area contributed by atoms with Crippen LogP contribution in [-0.2, 0) is 14.3 Å². The molecule has 0 rings (SSSR count). The number of nitrogens with one attached hydrogen (secondary N) is 1. The van der Waals surface area contributed by atoms with Gasteiger partial charge in [0.2, 0.25) is 5.91 Å². The molecule has 0 saturated heterocycles. The Bertz CT molecular complexity index is 939. The molecule has 2 unspecified atom stereocenters. The molecule has 63 heavy (non-hydrogen) atoms. The van der Waals surface area contributed by atoms with Gasteiger partial charge in [-0.25, -0.2) is 0 Å². The molecule has 1 amide bonds. The predicted octanol–water partition coefficient (Wildman–Crippen LogP) is 17.3. The van der Waals surface area contributed by atoms with E-state index in [4.69, 9.17) is 4.74 Å². The van der Waals surface area contributed by atoms with Crippen LogP contribution in [0, 0.1) is 0 Å². The second-order valence-electron chi connectivity index (χ2n) is 19.6. The Kier molecular flexibility index (Phi) is 52.0. The summed E-state index contributed by atoms with van der Waals surface area (Å²) in [6.07, 6.45) is 62.0. The molecule has 0 aliphatic heterocycles. The van der Waals surface area contributed by atoms with Gasteiger partial charge in [0.25, 0.3) is 0 Å². The summed E-state index contributed by atoms with van der Waals surface area (Å²) < 4.78 is 5.49. The number of ether oxygens (including phenoxy) is 1. The van der Waals surface area contributed by atoms with Gasteiger partial charge >= 0.3 is 5.97 Å². The van der Waals surface area contributed by atoms with Crippen molar-refractivity contribution in [2.45, 2.75) is 328 Å². The summed E-state index contributed by atoms with van der Waals surface area (Å²) in [5.74, 6) is -0.0357. The van der Waals surface area contributed by atoms with Crippen molar-refractivity contribution in [2.75, 3.05) is 13.2 Å². The highest BCUT2D eigenvalue weighted by atomic mass is 16.5. The van der Waals surface area contributed by atoms with Gasteiger partial charge in [0.15, 0.2) is 0 Å². The third-order valence-corrected chi connectivity index (χ3v) is 13.3. The molecule has 3 N–H and O–H groups in total. The van der Waals surface area contributed by atoms with Gasteiger partial charge in [0.05, 0.1) is 25.4 Å². The average molecular weight is 891 g/mol. The first-order chi connectivity index (χ1) is 31.0. The number of amides is 1. The fraction of sp³-hybridized carbons (Fsp3) is 0.930. The van der Waals surface area contributed by atoms with E-state index in [2.05, 4.69) is 31.3 Å². The minimum atomic E-state index is -0.665. The van der Waals surface area contributed by atoms with Crippen molar-refractivity contribution in [3.05, 3.63) is 12.2 Å². The summed E-state index contributed by atoms with van der Waals surface area (Å²) in [5, 5.41) is 23.1. The predicted molar refractivity (Wildman–Crippen MR) is 273 cm³/mol. The van der Waals surface area contributed by atoms with Gasteiger partial charge in [-0.15, -0.1) is 0 Å².